The second-order valence-corrected chi connectivity index (χ2v) is 6.08. The summed E-state index contributed by atoms with van der Waals surface area (Å²) in [7, 11) is 2.01. The molecule has 19 heavy (non-hydrogen) atoms. The minimum absolute atomic E-state index is 0.747. The van der Waals surface area contributed by atoms with E-state index in [0.717, 1.165) is 17.3 Å². The Morgan fingerprint density at radius 2 is 2.05 bits per heavy atom. The van der Waals surface area contributed by atoms with Gasteiger partial charge >= 0.3 is 0 Å². The van der Waals surface area contributed by atoms with Crippen molar-refractivity contribution in [3.63, 3.8) is 0 Å². The summed E-state index contributed by atoms with van der Waals surface area (Å²) < 4.78 is 0. The molecule has 1 aromatic carbocycles. The van der Waals surface area contributed by atoms with Gasteiger partial charge in [-0.1, -0.05) is 12.1 Å². The van der Waals surface area contributed by atoms with Crippen LogP contribution in [0.25, 0.3) is 0 Å². The van der Waals surface area contributed by atoms with E-state index in [1.807, 2.05) is 7.05 Å². The number of thiophene rings is 1. The van der Waals surface area contributed by atoms with E-state index in [0.29, 0.717) is 0 Å². The number of hydrogen-bond donors (Lipinski definition) is 1. The summed E-state index contributed by atoms with van der Waals surface area (Å²) in [5, 5.41) is 6.12. The molecule has 1 heterocycles. The molecule has 0 unspecified atom stereocenters. The molecule has 0 aliphatic carbocycles. The van der Waals surface area contributed by atoms with Crippen LogP contribution in [0.5, 0.6) is 0 Å². The van der Waals surface area contributed by atoms with Crippen LogP contribution in [0.1, 0.15) is 16.0 Å². The number of hydrogen-bond acceptors (Lipinski definition) is 2. The topological polar surface area (TPSA) is 15.3 Å². The molecule has 0 radical (unpaired) electrons. The average molecular weight is 290 g/mol. The third kappa shape index (κ3) is 3.78. The maximum atomic E-state index is 5.43. The summed E-state index contributed by atoms with van der Waals surface area (Å²) in [5.41, 5.74) is 3.61. The highest BCUT2D eigenvalue weighted by molar-refractivity contribution is 7.80. The molecule has 1 N–H and O–H groups in total. The summed E-state index contributed by atoms with van der Waals surface area (Å²) >= 11 is 7.18. The molecule has 0 fully saturated rings. The molecule has 0 saturated carbocycles. The van der Waals surface area contributed by atoms with E-state index in [1.165, 1.54) is 16.0 Å². The Hall–Kier alpha value is -1.39. The number of aryl methyl sites for hydroxylation is 2. The van der Waals surface area contributed by atoms with Crippen molar-refractivity contribution in [2.75, 3.05) is 12.4 Å². The molecule has 0 spiro atoms. The lowest BCUT2D eigenvalue weighted by atomic mass is 10.1. The second-order valence-electron chi connectivity index (χ2n) is 4.66. The van der Waals surface area contributed by atoms with E-state index in [4.69, 9.17) is 12.2 Å². The van der Waals surface area contributed by atoms with Gasteiger partial charge in [-0.3, -0.25) is 0 Å². The van der Waals surface area contributed by atoms with E-state index >= 15 is 0 Å². The lowest BCUT2D eigenvalue weighted by Gasteiger charge is -2.20. The molecule has 2 aromatic rings. The van der Waals surface area contributed by atoms with Gasteiger partial charge in [0.25, 0.3) is 0 Å². The first-order valence-electron chi connectivity index (χ1n) is 6.18. The van der Waals surface area contributed by atoms with Crippen LogP contribution >= 0.6 is 23.6 Å². The fourth-order valence-electron chi connectivity index (χ4n) is 1.75. The maximum absolute atomic E-state index is 5.43. The first-order valence-corrected chi connectivity index (χ1v) is 7.47. The van der Waals surface area contributed by atoms with Gasteiger partial charge in [-0.2, -0.15) is 0 Å². The van der Waals surface area contributed by atoms with Crippen molar-refractivity contribution >= 4 is 34.4 Å². The smallest absolute Gasteiger partial charge is 0.173 e. The number of nitrogens with zero attached hydrogens (tertiary/aromatic N) is 1. The van der Waals surface area contributed by atoms with Crippen molar-refractivity contribution in [3.05, 3.63) is 51.7 Å². The molecule has 0 amide bonds. The van der Waals surface area contributed by atoms with Crippen LogP contribution in [0.4, 0.5) is 5.69 Å². The molecule has 4 heteroatoms. The Morgan fingerprint density at radius 1 is 1.26 bits per heavy atom. The van der Waals surface area contributed by atoms with Crippen molar-refractivity contribution in [1.82, 2.24) is 4.90 Å². The van der Waals surface area contributed by atoms with Crippen LogP contribution < -0.4 is 5.32 Å². The average Bonchev–Trinajstić information content (AvgIpc) is 2.86. The summed E-state index contributed by atoms with van der Waals surface area (Å²) in [6.07, 6.45) is 0. The molecule has 0 atom stereocenters. The normalized spacial score (nSPS) is 10.3. The molecular weight excluding hydrogens is 272 g/mol. The van der Waals surface area contributed by atoms with Gasteiger partial charge in [0.05, 0.1) is 6.54 Å². The highest BCUT2D eigenvalue weighted by atomic mass is 32.1. The molecule has 1 aromatic heterocycles. The van der Waals surface area contributed by atoms with Crippen LogP contribution in [0, 0.1) is 13.8 Å². The molecule has 2 rings (SSSR count). The van der Waals surface area contributed by atoms with Crippen molar-refractivity contribution in [2.24, 2.45) is 0 Å². The van der Waals surface area contributed by atoms with Crippen LogP contribution in [0.3, 0.4) is 0 Å². The maximum Gasteiger partial charge on any atom is 0.173 e. The van der Waals surface area contributed by atoms with Crippen LogP contribution in [0.2, 0.25) is 0 Å². The summed E-state index contributed by atoms with van der Waals surface area (Å²) in [4.78, 5) is 3.36. The molecule has 100 valence electrons. The van der Waals surface area contributed by atoms with Crippen molar-refractivity contribution < 1.29 is 0 Å². The Bertz CT molecular complexity index is 562. The first kappa shape index (κ1) is 14.0. The van der Waals surface area contributed by atoms with Crippen LogP contribution in [-0.4, -0.2) is 17.1 Å². The zero-order chi connectivity index (χ0) is 13.8. The summed E-state index contributed by atoms with van der Waals surface area (Å²) in [6.45, 7) is 5.06. The predicted molar refractivity (Wildman–Crippen MR) is 87.9 cm³/mol. The predicted octanol–water partition coefficient (Wildman–Crippen LogP) is 4.19. The van der Waals surface area contributed by atoms with Crippen LogP contribution in [0.15, 0.2) is 35.7 Å². The largest absolute Gasteiger partial charge is 0.347 e. The Kier molecular flexibility index (Phi) is 4.56. The fraction of sp³-hybridized carbons (Fsp3) is 0.267. The lowest BCUT2D eigenvalue weighted by Crippen LogP contribution is -2.30. The molecule has 2 nitrogen and oxygen atoms in total. The van der Waals surface area contributed by atoms with Crippen molar-refractivity contribution in [1.29, 1.82) is 0 Å². The Balaban J connectivity index is 1.98. The third-order valence-electron chi connectivity index (χ3n) is 3.08. The number of thiocarbonyl (C=S) groups is 1. The summed E-state index contributed by atoms with van der Waals surface area (Å²) in [6, 6.07) is 10.5. The molecule has 0 aliphatic rings. The Morgan fingerprint density at radius 3 is 2.68 bits per heavy atom. The van der Waals surface area contributed by atoms with Gasteiger partial charge in [-0.05, 0) is 60.8 Å². The fourth-order valence-corrected chi connectivity index (χ4v) is 2.69. The number of anilines is 1. The van der Waals surface area contributed by atoms with E-state index in [1.54, 1.807) is 11.3 Å². The first-order chi connectivity index (χ1) is 9.06. The highest BCUT2D eigenvalue weighted by Crippen LogP contribution is 2.16. The van der Waals surface area contributed by atoms with Crippen molar-refractivity contribution in [2.45, 2.75) is 20.4 Å². The Labute approximate surface area is 124 Å². The second kappa shape index (κ2) is 6.17. The third-order valence-corrected chi connectivity index (χ3v) is 4.35. The number of rotatable bonds is 3. The van der Waals surface area contributed by atoms with Gasteiger partial charge in [0.2, 0.25) is 0 Å². The molecule has 0 bridgehead atoms. The SMILES string of the molecule is Cc1ccc(NC(=S)N(C)Cc2cccs2)cc1C. The minimum atomic E-state index is 0.747. The van der Waals surface area contributed by atoms with E-state index in [-0.39, 0.29) is 0 Å². The van der Waals surface area contributed by atoms with Gasteiger partial charge in [-0.15, -0.1) is 11.3 Å². The summed E-state index contributed by atoms with van der Waals surface area (Å²) in [5.74, 6) is 0. The van der Waals surface area contributed by atoms with Gasteiger partial charge in [0, 0.05) is 17.6 Å². The molecular formula is C15H18N2S2. The van der Waals surface area contributed by atoms with E-state index < -0.39 is 0 Å². The van der Waals surface area contributed by atoms with Crippen molar-refractivity contribution in [3.8, 4) is 0 Å². The van der Waals surface area contributed by atoms with E-state index in [9.17, 15) is 0 Å². The zero-order valence-electron chi connectivity index (χ0n) is 11.4. The number of nitrogens with one attached hydrogen (secondary N) is 1. The quantitative estimate of drug-likeness (QED) is 0.853. The van der Waals surface area contributed by atoms with Gasteiger partial charge in [0.15, 0.2) is 5.11 Å². The van der Waals surface area contributed by atoms with Crippen LogP contribution in [-0.2, 0) is 6.54 Å². The molecule has 0 aliphatic heterocycles. The zero-order valence-corrected chi connectivity index (χ0v) is 13.1. The number of benzene rings is 1. The lowest BCUT2D eigenvalue weighted by molar-refractivity contribution is 0.514. The monoisotopic (exact) mass is 290 g/mol. The minimum Gasteiger partial charge on any atom is -0.347 e. The van der Waals surface area contributed by atoms with Gasteiger partial charge < -0.3 is 10.2 Å². The van der Waals surface area contributed by atoms with E-state index in [2.05, 4.69) is 59.8 Å². The highest BCUT2D eigenvalue weighted by Gasteiger charge is 2.06. The molecule has 0 saturated heterocycles. The van der Waals surface area contributed by atoms with Gasteiger partial charge in [0.1, 0.15) is 0 Å². The van der Waals surface area contributed by atoms with Gasteiger partial charge in [-0.25, -0.2) is 0 Å². The standard InChI is InChI=1S/C15H18N2S2/c1-11-6-7-13(9-12(11)2)16-15(18)17(3)10-14-5-4-8-19-14/h4-9H,10H2,1-3H3,(H,16,18).